The summed E-state index contributed by atoms with van der Waals surface area (Å²) in [5, 5.41) is 8.73. The van der Waals surface area contributed by atoms with Gasteiger partial charge in [0, 0.05) is 30.1 Å². The quantitative estimate of drug-likeness (QED) is 0.744. The number of nitrogens with one attached hydrogen (secondary N) is 1. The Balaban J connectivity index is 2.60. The normalized spacial score (nSPS) is 13.2. The molecule has 0 saturated carbocycles. The minimum atomic E-state index is 0.433. The third-order valence-electron chi connectivity index (χ3n) is 2.75. The molecule has 0 amide bonds. The Hall–Kier alpha value is -0.480. The van der Waals surface area contributed by atoms with Crippen molar-refractivity contribution in [3.8, 4) is 0 Å². The van der Waals surface area contributed by atoms with Crippen LogP contribution in [0.2, 0.25) is 0 Å². The van der Waals surface area contributed by atoms with Gasteiger partial charge in [-0.15, -0.1) is 0 Å². The summed E-state index contributed by atoms with van der Waals surface area (Å²) in [5.41, 5.74) is 1.32. The van der Waals surface area contributed by atoms with Gasteiger partial charge in [0.15, 0.2) is 0 Å². The molecule has 1 aromatic rings. The zero-order valence-corrected chi connectivity index (χ0v) is 13.0. The molecule has 0 spiro atoms. The Morgan fingerprint density at radius 2 is 2.11 bits per heavy atom. The van der Waals surface area contributed by atoms with E-state index in [4.69, 9.17) is 0 Å². The van der Waals surface area contributed by atoms with E-state index in [-0.39, 0.29) is 0 Å². The third kappa shape index (κ3) is 5.44. The Bertz CT molecular complexity index is 323. The van der Waals surface area contributed by atoms with E-state index in [0.29, 0.717) is 11.3 Å². The molecule has 0 fully saturated rings. The molecule has 1 heterocycles. The van der Waals surface area contributed by atoms with Crippen molar-refractivity contribution >= 4 is 11.8 Å². The number of aryl methyl sites for hydroxylation is 1. The minimum Gasteiger partial charge on any atom is -0.309 e. The van der Waals surface area contributed by atoms with Crippen molar-refractivity contribution < 1.29 is 0 Å². The minimum absolute atomic E-state index is 0.433. The third-order valence-corrected chi connectivity index (χ3v) is 3.94. The lowest BCUT2D eigenvalue weighted by atomic mass is 10.2. The number of hydrogen-bond acceptors (Lipinski definition) is 3. The molecule has 18 heavy (non-hydrogen) atoms. The van der Waals surface area contributed by atoms with Crippen LogP contribution in [0.15, 0.2) is 12.4 Å². The Morgan fingerprint density at radius 3 is 2.72 bits per heavy atom. The lowest BCUT2D eigenvalue weighted by Crippen LogP contribution is -2.24. The van der Waals surface area contributed by atoms with Gasteiger partial charge in [-0.25, -0.2) is 0 Å². The van der Waals surface area contributed by atoms with Gasteiger partial charge in [-0.1, -0.05) is 27.7 Å². The van der Waals surface area contributed by atoms with Crippen molar-refractivity contribution in [2.45, 2.75) is 58.4 Å². The van der Waals surface area contributed by atoms with Gasteiger partial charge in [0.25, 0.3) is 0 Å². The summed E-state index contributed by atoms with van der Waals surface area (Å²) in [7, 11) is 0. The number of nitrogens with zero attached hydrogens (tertiary/aromatic N) is 2. The molecule has 1 N–H and O–H groups in total. The molecule has 3 nitrogen and oxygen atoms in total. The maximum Gasteiger partial charge on any atom is 0.0537 e. The first-order chi connectivity index (χ1) is 8.67. The zero-order chi connectivity index (χ0) is 13.4. The van der Waals surface area contributed by atoms with Crippen molar-refractivity contribution in [1.29, 1.82) is 0 Å². The second kappa shape index (κ2) is 8.59. The molecule has 0 aromatic carbocycles. The van der Waals surface area contributed by atoms with Gasteiger partial charge in [0.1, 0.15) is 0 Å². The van der Waals surface area contributed by atoms with Crippen molar-refractivity contribution in [2.75, 3.05) is 12.3 Å². The van der Waals surface area contributed by atoms with Crippen molar-refractivity contribution in [3.05, 3.63) is 18.0 Å². The molecular weight excluding hydrogens is 242 g/mol. The van der Waals surface area contributed by atoms with Crippen molar-refractivity contribution in [3.63, 3.8) is 0 Å². The molecule has 104 valence electrons. The average Bonchev–Trinajstić information content (AvgIpc) is 2.78. The van der Waals surface area contributed by atoms with E-state index in [1.165, 1.54) is 12.0 Å². The largest absolute Gasteiger partial charge is 0.309 e. The van der Waals surface area contributed by atoms with E-state index in [1.54, 1.807) is 0 Å². The lowest BCUT2D eigenvalue weighted by molar-refractivity contribution is 0.572. The molecule has 1 rings (SSSR count). The summed E-state index contributed by atoms with van der Waals surface area (Å²) in [4.78, 5) is 0. The van der Waals surface area contributed by atoms with E-state index in [1.807, 2.05) is 18.0 Å². The maximum absolute atomic E-state index is 4.43. The van der Waals surface area contributed by atoms with Crippen molar-refractivity contribution in [1.82, 2.24) is 15.1 Å². The molecule has 0 aliphatic rings. The average molecular weight is 269 g/mol. The van der Waals surface area contributed by atoms with E-state index < -0.39 is 0 Å². The summed E-state index contributed by atoms with van der Waals surface area (Å²) < 4.78 is 2.05. The summed E-state index contributed by atoms with van der Waals surface area (Å²) in [6, 6.07) is 0.433. The molecular formula is C14H27N3S. The second-order valence-electron chi connectivity index (χ2n) is 4.93. The number of thioether (sulfide) groups is 1. The first-order valence-corrected chi connectivity index (χ1v) is 8.09. The monoisotopic (exact) mass is 269 g/mol. The zero-order valence-electron chi connectivity index (χ0n) is 12.1. The van der Waals surface area contributed by atoms with Gasteiger partial charge < -0.3 is 5.32 Å². The maximum atomic E-state index is 4.43. The van der Waals surface area contributed by atoms with Crippen LogP contribution in [0.4, 0.5) is 0 Å². The molecule has 0 saturated heterocycles. The van der Waals surface area contributed by atoms with E-state index in [9.17, 15) is 0 Å². The second-order valence-corrected chi connectivity index (χ2v) is 6.54. The van der Waals surface area contributed by atoms with Gasteiger partial charge in [0.2, 0.25) is 0 Å². The number of rotatable bonds is 9. The SMILES string of the molecule is CCCNC(CSC(C)C)c1cnn(CCC)c1. The van der Waals surface area contributed by atoms with Gasteiger partial charge >= 0.3 is 0 Å². The molecule has 0 radical (unpaired) electrons. The highest BCUT2D eigenvalue weighted by Crippen LogP contribution is 2.21. The first-order valence-electron chi connectivity index (χ1n) is 7.04. The topological polar surface area (TPSA) is 29.9 Å². The van der Waals surface area contributed by atoms with Crippen LogP contribution in [0.3, 0.4) is 0 Å². The van der Waals surface area contributed by atoms with Gasteiger partial charge in [-0.05, 0) is 24.6 Å². The number of hydrogen-bond donors (Lipinski definition) is 1. The molecule has 0 aliphatic carbocycles. The highest BCUT2D eigenvalue weighted by molar-refractivity contribution is 7.99. The van der Waals surface area contributed by atoms with Crippen LogP contribution in [0.25, 0.3) is 0 Å². The van der Waals surface area contributed by atoms with Gasteiger partial charge in [0.05, 0.1) is 6.20 Å². The van der Waals surface area contributed by atoms with Crippen LogP contribution >= 0.6 is 11.8 Å². The predicted molar refractivity (Wildman–Crippen MR) is 81.1 cm³/mol. The van der Waals surface area contributed by atoms with E-state index in [0.717, 1.165) is 25.3 Å². The van der Waals surface area contributed by atoms with Crippen LogP contribution in [0.1, 0.15) is 52.1 Å². The standard InChI is InChI=1S/C14H27N3S/c1-5-7-15-14(11-18-12(3)4)13-9-16-17(10-13)8-6-2/h9-10,12,14-15H,5-8,11H2,1-4H3. The Morgan fingerprint density at radius 1 is 1.33 bits per heavy atom. The van der Waals surface area contributed by atoms with Crippen molar-refractivity contribution in [2.24, 2.45) is 0 Å². The van der Waals surface area contributed by atoms with Crippen LogP contribution in [-0.4, -0.2) is 27.3 Å². The molecule has 1 aromatic heterocycles. The molecule has 4 heteroatoms. The van der Waals surface area contributed by atoms with E-state index >= 15 is 0 Å². The fourth-order valence-corrected chi connectivity index (χ4v) is 2.68. The summed E-state index contributed by atoms with van der Waals surface area (Å²) in [5.74, 6) is 1.12. The molecule has 0 bridgehead atoms. The first kappa shape index (κ1) is 15.6. The summed E-state index contributed by atoms with van der Waals surface area (Å²) in [6.45, 7) is 11.0. The van der Waals surface area contributed by atoms with Crippen LogP contribution in [0, 0.1) is 0 Å². The van der Waals surface area contributed by atoms with Gasteiger partial charge in [-0.2, -0.15) is 16.9 Å². The summed E-state index contributed by atoms with van der Waals surface area (Å²) in [6.07, 6.45) is 6.52. The van der Waals surface area contributed by atoms with Crippen LogP contribution < -0.4 is 5.32 Å². The van der Waals surface area contributed by atoms with E-state index in [2.05, 4.69) is 49.0 Å². The Kier molecular flexibility index (Phi) is 7.44. The molecule has 1 atom stereocenters. The Labute approximate surface area is 116 Å². The molecule has 0 aliphatic heterocycles. The highest BCUT2D eigenvalue weighted by Gasteiger charge is 2.13. The molecule has 1 unspecified atom stereocenters. The fourth-order valence-electron chi connectivity index (χ4n) is 1.79. The summed E-state index contributed by atoms with van der Waals surface area (Å²) >= 11 is 2.01. The highest BCUT2D eigenvalue weighted by atomic mass is 32.2. The van der Waals surface area contributed by atoms with Crippen LogP contribution in [0.5, 0.6) is 0 Å². The smallest absolute Gasteiger partial charge is 0.0537 e. The van der Waals surface area contributed by atoms with Gasteiger partial charge in [-0.3, -0.25) is 4.68 Å². The lowest BCUT2D eigenvalue weighted by Gasteiger charge is -2.17. The predicted octanol–water partition coefficient (Wildman–Crippen LogP) is 3.48. The van der Waals surface area contributed by atoms with Crippen LogP contribution in [-0.2, 0) is 6.54 Å². The fraction of sp³-hybridized carbons (Fsp3) is 0.786. The number of aromatic nitrogens is 2.